The molecule has 0 aromatic heterocycles. The summed E-state index contributed by atoms with van der Waals surface area (Å²) >= 11 is 0. The molecule has 1 aliphatic heterocycles. The second-order valence-electron chi connectivity index (χ2n) is 6.44. The zero-order chi connectivity index (χ0) is 13.9. The molecule has 1 heterocycles. The number of carbonyl (C=O) groups is 2. The second-order valence-corrected chi connectivity index (χ2v) is 6.44. The van der Waals surface area contributed by atoms with Crippen molar-refractivity contribution in [3.63, 3.8) is 0 Å². The summed E-state index contributed by atoms with van der Waals surface area (Å²) < 4.78 is 0. The second kappa shape index (κ2) is 5.93. The lowest BCUT2D eigenvalue weighted by molar-refractivity contribution is -0.135. The van der Waals surface area contributed by atoms with Gasteiger partial charge in [0, 0.05) is 19.5 Å². The van der Waals surface area contributed by atoms with Crippen molar-refractivity contribution in [3.05, 3.63) is 0 Å². The van der Waals surface area contributed by atoms with Crippen molar-refractivity contribution in [2.24, 2.45) is 5.41 Å². The molecule has 1 unspecified atom stereocenters. The van der Waals surface area contributed by atoms with Gasteiger partial charge in [-0.15, -0.1) is 0 Å². The molecule has 0 bridgehead atoms. The molecular formula is C15H26N2O2. The third kappa shape index (κ3) is 3.48. The van der Waals surface area contributed by atoms with E-state index in [1.807, 2.05) is 11.8 Å². The van der Waals surface area contributed by atoms with E-state index in [2.05, 4.69) is 12.2 Å². The monoisotopic (exact) mass is 266 g/mol. The summed E-state index contributed by atoms with van der Waals surface area (Å²) in [6.45, 7) is 5.73. The summed E-state index contributed by atoms with van der Waals surface area (Å²) in [5.74, 6) is 0.145. The minimum Gasteiger partial charge on any atom is -0.344 e. The molecule has 2 aliphatic rings. The van der Waals surface area contributed by atoms with Crippen LogP contribution >= 0.6 is 0 Å². The topological polar surface area (TPSA) is 49.4 Å². The van der Waals surface area contributed by atoms with Gasteiger partial charge in [0.1, 0.15) is 6.04 Å². The molecule has 1 aliphatic carbocycles. The van der Waals surface area contributed by atoms with Crippen molar-refractivity contribution in [2.75, 3.05) is 13.1 Å². The average Bonchev–Trinajstić information content (AvgIpc) is 2.75. The Morgan fingerprint density at radius 2 is 2.00 bits per heavy atom. The number of hydrogen-bond donors (Lipinski definition) is 1. The van der Waals surface area contributed by atoms with E-state index in [9.17, 15) is 9.59 Å². The highest BCUT2D eigenvalue weighted by Gasteiger charge is 2.36. The van der Waals surface area contributed by atoms with E-state index in [1.54, 1.807) is 0 Å². The van der Waals surface area contributed by atoms with Crippen LogP contribution in [-0.4, -0.2) is 35.8 Å². The minimum atomic E-state index is -0.301. The van der Waals surface area contributed by atoms with E-state index in [0.717, 1.165) is 19.4 Å². The zero-order valence-electron chi connectivity index (χ0n) is 12.2. The molecular weight excluding hydrogens is 240 g/mol. The number of rotatable bonds is 4. The van der Waals surface area contributed by atoms with Crippen molar-refractivity contribution >= 4 is 11.8 Å². The normalized spacial score (nSPS) is 27.3. The van der Waals surface area contributed by atoms with Gasteiger partial charge >= 0.3 is 0 Å². The quantitative estimate of drug-likeness (QED) is 0.847. The van der Waals surface area contributed by atoms with Crippen LogP contribution in [0.15, 0.2) is 0 Å². The maximum atomic E-state index is 12.5. The SMILES string of the molecule is CCCC1NC(=O)CCN(CC2(C)CCCC2)C1=O. The first kappa shape index (κ1) is 14.4. The van der Waals surface area contributed by atoms with Gasteiger partial charge in [0.25, 0.3) is 0 Å². The molecule has 2 amide bonds. The van der Waals surface area contributed by atoms with Crippen LogP contribution < -0.4 is 5.32 Å². The van der Waals surface area contributed by atoms with Crippen LogP contribution in [-0.2, 0) is 9.59 Å². The molecule has 1 N–H and O–H groups in total. The lowest BCUT2D eigenvalue weighted by Crippen LogP contribution is -2.47. The first-order chi connectivity index (χ1) is 9.04. The number of carbonyl (C=O) groups excluding carboxylic acids is 2. The highest BCUT2D eigenvalue weighted by molar-refractivity contribution is 5.89. The first-order valence-corrected chi connectivity index (χ1v) is 7.62. The number of nitrogens with one attached hydrogen (secondary N) is 1. The molecule has 4 heteroatoms. The maximum absolute atomic E-state index is 12.5. The predicted octanol–water partition coefficient (Wildman–Crippen LogP) is 2.08. The van der Waals surface area contributed by atoms with Crippen LogP contribution in [0, 0.1) is 5.41 Å². The number of amides is 2. The number of hydrogen-bond acceptors (Lipinski definition) is 2. The average molecular weight is 266 g/mol. The van der Waals surface area contributed by atoms with Crippen molar-refractivity contribution in [1.29, 1.82) is 0 Å². The summed E-state index contributed by atoms with van der Waals surface area (Å²) in [6.07, 6.45) is 7.07. The molecule has 2 fully saturated rings. The summed E-state index contributed by atoms with van der Waals surface area (Å²) in [5.41, 5.74) is 0.264. The zero-order valence-corrected chi connectivity index (χ0v) is 12.2. The van der Waals surface area contributed by atoms with Crippen molar-refractivity contribution in [2.45, 2.75) is 64.8 Å². The summed E-state index contributed by atoms with van der Waals surface area (Å²) in [5, 5.41) is 2.87. The van der Waals surface area contributed by atoms with E-state index in [0.29, 0.717) is 13.0 Å². The Morgan fingerprint density at radius 3 is 2.63 bits per heavy atom. The fourth-order valence-corrected chi connectivity index (χ4v) is 3.38. The van der Waals surface area contributed by atoms with Gasteiger partial charge in [-0.25, -0.2) is 0 Å². The van der Waals surface area contributed by atoms with Gasteiger partial charge in [0.05, 0.1) is 0 Å². The molecule has 1 saturated carbocycles. The van der Waals surface area contributed by atoms with Crippen LogP contribution in [0.2, 0.25) is 0 Å². The Morgan fingerprint density at radius 1 is 1.32 bits per heavy atom. The number of nitrogens with zero attached hydrogens (tertiary/aromatic N) is 1. The summed E-state index contributed by atoms with van der Waals surface area (Å²) in [6, 6.07) is -0.301. The molecule has 0 spiro atoms. The van der Waals surface area contributed by atoms with Crippen LogP contribution in [0.5, 0.6) is 0 Å². The largest absolute Gasteiger partial charge is 0.344 e. The van der Waals surface area contributed by atoms with Gasteiger partial charge in [0.15, 0.2) is 0 Å². The predicted molar refractivity (Wildman–Crippen MR) is 74.6 cm³/mol. The van der Waals surface area contributed by atoms with Crippen molar-refractivity contribution < 1.29 is 9.59 Å². The van der Waals surface area contributed by atoms with E-state index in [1.165, 1.54) is 25.7 Å². The molecule has 108 valence electrons. The molecule has 1 saturated heterocycles. The standard InChI is InChI=1S/C15H26N2O2/c1-3-6-12-14(19)17(10-7-13(18)16-12)11-15(2)8-4-5-9-15/h12H,3-11H2,1-2H3,(H,16,18). The first-order valence-electron chi connectivity index (χ1n) is 7.62. The van der Waals surface area contributed by atoms with Crippen molar-refractivity contribution in [3.8, 4) is 0 Å². The fourth-order valence-electron chi connectivity index (χ4n) is 3.38. The lowest BCUT2D eigenvalue weighted by atomic mass is 9.88. The molecule has 2 rings (SSSR count). The molecule has 0 aromatic carbocycles. The van der Waals surface area contributed by atoms with Gasteiger partial charge in [-0.1, -0.05) is 33.1 Å². The van der Waals surface area contributed by atoms with Crippen molar-refractivity contribution in [1.82, 2.24) is 10.2 Å². The van der Waals surface area contributed by atoms with Gasteiger partial charge < -0.3 is 10.2 Å². The van der Waals surface area contributed by atoms with E-state index >= 15 is 0 Å². The van der Waals surface area contributed by atoms with E-state index in [-0.39, 0.29) is 23.3 Å². The van der Waals surface area contributed by atoms with Gasteiger partial charge in [-0.3, -0.25) is 9.59 Å². The van der Waals surface area contributed by atoms with Crippen LogP contribution in [0.4, 0.5) is 0 Å². The Kier molecular flexibility index (Phi) is 4.48. The van der Waals surface area contributed by atoms with Crippen LogP contribution in [0.3, 0.4) is 0 Å². The summed E-state index contributed by atoms with van der Waals surface area (Å²) in [4.78, 5) is 26.1. The highest BCUT2D eigenvalue weighted by atomic mass is 16.2. The Bertz CT molecular complexity index is 348. The highest BCUT2D eigenvalue weighted by Crippen LogP contribution is 2.38. The Balaban J connectivity index is 2.05. The molecule has 19 heavy (non-hydrogen) atoms. The van der Waals surface area contributed by atoms with E-state index < -0.39 is 0 Å². The Hall–Kier alpha value is -1.06. The van der Waals surface area contributed by atoms with Gasteiger partial charge in [-0.2, -0.15) is 0 Å². The van der Waals surface area contributed by atoms with Gasteiger partial charge in [0.2, 0.25) is 11.8 Å². The van der Waals surface area contributed by atoms with Crippen LogP contribution in [0.1, 0.15) is 58.8 Å². The van der Waals surface area contributed by atoms with Crippen LogP contribution in [0.25, 0.3) is 0 Å². The molecule has 0 aromatic rings. The molecule has 4 nitrogen and oxygen atoms in total. The van der Waals surface area contributed by atoms with E-state index in [4.69, 9.17) is 0 Å². The smallest absolute Gasteiger partial charge is 0.245 e. The van der Waals surface area contributed by atoms with Gasteiger partial charge in [-0.05, 0) is 24.7 Å². The lowest BCUT2D eigenvalue weighted by Gasteiger charge is -2.33. The Labute approximate surface area is 115 Å². The minimum absolute atomic E-state index is 0.0193. The maximum Gasteiger partial charge on any atom is 0.245 e. The molecule has 1 atom stereocenters. The summed E-state index contributed by atoms with van der Waals surface area (Å²) in [7, 11) is 0. The molecule has 0 radical (unpaired) electrons. The third-order valence-corrected chi connectivity index (χ3v) is 4.51. The third-order valence-electron chi connectivity index (χ3n) is 4.51. The fraction of sp³-hybridized carbons (Fsp3) is 0.867.